The molecule has 44 heavy (non-hydrogen) atoms. The van der Waals surface area contributed by atoms with Crippen molar-refractivity contribution in [1.29, 1.82) is 0 Å². The second-order valence-electron chi connectivity index (χ2n) is 11.1. The highest BCUT2D eigenvalue weighted by molar-refractivity contribution is 5.88. The van der Waals surface area contributed by atoms with Crippen LogP contribution in [0.15, 0.2) is 66.7 Å². The molecule has 0 aliphatic rings. The molecule has 0 unspecified atom stereocenters. The van der Waals surface area contributed by atoms with Gasteiger partial charge in [-0.1, -0.05) is 50.8 Å². The molecule has 1 heterocycles. The Morgan fingerprint density at radius 3 is 2.02 bits per heavy atom. The molecular formula is C32H35F8NO3. The second kappa shape index (κ2) is 13.6. The number of nitrogens with zero attached hydrogens (tertiary/aromatic N) is 1. The minimum Gasteiger partial charge on any atom is -0.493 e. The van der Waals surface area contributed by atoms with E-state index < -0.39 is 55.7 Å². The number of fused-ring (bicyclic) bond motifs is 1. The van der Waals surface area contributed by atoms with Crippen LogP contribution in [0.5, 0.6) is 5.75 Å². The number of hydrogen-bond donors (Lipinski definition) is 0. The Kier molecular flexibility index (Phi) is 10.8. The van der Waals surface area contributed by atoms with Gasteiger partial charge in [0, 0.05) is 29.3 Å². The van der Waals surface area contributed by atoms with Crippen LogP contribution in [-0.2, 0) is 16.1 Å². The Balaban J connectivity index is 1.76. The van der Waals surface area contributed by atoms with E-state index in [0.717, 1.165) is 36.4 Å². The predicted molar refractivity (Wildman–Crippen MR) is 152 cm³/mol. The van der Waals surface area contributed by atoms with E-state index in [9.17, 15) is 39.9 Å². The summed E-state index contributed by atoms with van der Waals surface area (Å²) in [6.45, 7) is 6.52. The van der Waals surface area contributed by atoms with Gasteiger partial charge in [-0.2, -0.15) is 35.1 Å². The van der Waals surface area contributed by atoms with Crippen molar-refractivity contribution < 1.29 is 49.4 Å². The van der Waals surface area contributed by atoms with E-state index in [1.807, 2.05) is 41.0 Å². The smallest absolute Gasteiger partial charge is 0.378 e. The normalized spacial score (nSPS) is 13.0. The summed E-state index contributed by atoms with van der Waals surface area (Å²) in [4.78, 5) is 11.3. The highest BCUT2D eigenvalue weighted by Gasteiger charge is 2.79. The summed E-state index contributed by atoms with van der Waals surface area (Å²) in [5, 5.41) is 0.799. The molecule has 0 aliphatic carbocycles. The molecule has 0 saturated heterocycles. The van der Waals surface area contributed by atoms with Crippen LogP contribution in [0, 0.1) is 5.92 Å². The van der Waals surface area contributed by atoms with Crippen molar-refractivity contribution in [2.45, 2.75) is 76.7 Å². The zero-order chi connectivity index (χ0) is 32.9. The molecule has 3 rings (SSSR count). The lowest BCUT2D eigenvalue weighted by molar-refractivity contribution is -0.368. The molecule has 3 aromatic rings. The Morgan fingerprint density at radius 2 is 1.45 bits per heavy atom. The van der Waals surface area contributed by atoms with Crippen LogP contribution in [0.2, 0.25) is 0 Å². The summed E-state index contributed by atoms with van der Waals surface area (Å²) in [6.07, 6.45) is -2.30. The number of hydrogen-bond acceptors (Lipinski definition) is 3. The van der Waals surface area contributed by atoms with Crippen molar-refractivity contribution >= 4 is 16.9 Å². The predicted octanol–water partition coefficient (Wildman–Crippen LogP) is 9.56. The van der Waals surface area contributed by atoms with Crippen LogP contribution in [0.4, 0.5) is 35.1 Å². The minimum atomic E-state index is -6.47. The van der Waals surface area contributed by atoms with E-state index in [0.29, 0.717) is 18.0 Å². The molecule has 0 fully saturated rings. The lowest BCUT2D eigenvalue weighted by Crippen LogP contribution is -2.62. The Hall–Kier alpha value is -3.57. The summed E-state index contributed by atoms with van der Waals surface area (Å²) >= 11 is 0. The van der Waals surface area contributed by atoms with Gasteiger partial charge in [-0.25, -0.2) is 4.79 Å². The number of aryl methyl sites for hydroxylation is 1. The molecule has 2 aromatic carbocycles. The third-order valence-electron chi connectivity index (χ3n) is 7.10. The first-order valence-electron chi connectivity index (χ1n) is 14.1. The molecule has 242 valence electrons. The van der Waals surface area contributed by atoms with Crippen molar-refractivity contribution in [3.05, 3.63) is 66.7 Å². The molecule has 0 bridgehead atoms. The van der Waals surface area contributed by atoms with Crippen molar-refractivity contribution in [3.8, 4) is 17.0 Å². The standard InChI is InChI=1S/C32H35F8NO3/c1-21(2)9-8-16-41-26(23-10-6-5-7-11-23)19-24-12-13-25(20-27(24)41)43-17-14-29(33,34)31(37,38)32(39,40)30(35,36)15-18-44-28(42)22(3)4/h5-7,10-13,19-21H,3,8-9,14-18H2,1-2,4H3. The molecule has 0 atom stereocenters. The molecule has 4 nitrogen and oxygen atoms in total. The maximum absolute atomic E-state index is 14.5. The van der Waals surface area contributed by atoms with E-state index in [4.69, 9.17) is 4.74 Å². The SMILES string of the molecule is C=C(C)C(=O)OCCC(F)(F)C(F)(F)C(F)(F)C(F)(F)CCOc1ccc2cc(-c3ccccc3)n(CCCC(C)C)c2c1. The van der Waals surface area contributed by atoms with Gasteiger partial charge in [0.15, 0.2) is 0 Å². The fraction of sp³-hybridized carbons (Fsp3) is 0.469. The maximum atomic E-state index is 14.5. The fourth-order valence-corrected chi connectivity index (χ4v) is 4.54. The van der Waals surface area contributed by atoms with Gasteiger partial charge in [0.25, 0.3) is 0 Å². The molecule has 0 spiro atoms. The van der Waals surface area contributed by atoms with Crippen molar-refractivity contribution in [2.24, 2.45) is 5.92 Å². The number of alkyl halides is 8. The fourth-order valence-electron chi connectivity index (χ4n) is 4.54. The first-order chi connectivity index (χ1) is 20.4. The van der Waals surface area contributed by atoms with Crippen molar-refractivity contribution in [2.75, 3.05) is 13.2 Å². The van der Waals surface area contributed by atoms with Crippen LogP contribution in [0.25, 0.3) is 22.2 Å². The van der Waals surface area contributed by atoms with E-state index >= 15 is 0 Å². The largest absolute Gasteiger partial charge is 0.493 e. The molecular weight excluding hydrogens is 598 g/mol. The number of halogens is 8. The quantitative estimate of drug-likeness (QED) is 0.0896. The molecule has 0 aliphatic heterocycles. The van der Waals surface area contributed by atoms with Gasteiger partial charge in [-0.3, -0.25) is 0 Å². The first kappa shape index (κ1) is 34.9. The third kappa shape index (κ3) is 7.55. The summed E-state index contributed by atoms with van der Waals surface area (Å²) in [5.41, 5.74) is 2.25. The van der Waals surface area contributed by atoms with Gasteiger partial charge in [0.05, 0.1) is 31.6 Å². The Bertz CT molecular complexity index is 1430. The van der Waals surface area contributed by atoms with Crippen LogP contribution in [0.1, 0.15) is 46.5 Å². The monoisotopic (exact) mass is 633 g/mol. The molecule has 1 aromatic heterocycles. The second-order valence-corrected chi connectivity index (χ2v) is 11.1. The number of ether oxygens (including phenoxy) is 2. The number of carbonyl (C=O) groups excluding carboxylic acids is 1. The Labute approximate surface area is 250 Å². The van der Waals surface area contributed by atoms with E-state index in [1.54, 1.807) is 6.07 Å². The van der Waals surface area contributed by atoms with Crippen LogP contribution in [-0.4, -0.2) is 47.4 Å². The summed E-state index contributed by atoms with van der Waals surface area (Å²) in [6, 6.07) is 16.0. The number of esters is 1. The van der Waals surface area contributed by atoms with Gasteiger partial charge in [0.1, 0.15) is 5.75 Å². The maximum Gasteiger partial charge on any atom is 0.378 e. The average Bonchev–Trinajstić information content (AvgIpc) is 3.30. The lowest BCUT2D eigenvalue weighted by atomic mass is 9.95. The van der Waals surface area contributed by atoms with Crippen molar-refractivity contribution in [1.82, 2.24) is 4.57 Å². The van der Waals surface area contributed by atoms with Crippen molar-refractivity contribution in [3.63, 3.8) is 0 Å². The first-order valence-corrected chi connectivity index (χ1v) is 14.1. The molecule has 0 saturated carbocycles. The van der Waals surface area contributed by atoms with Crippen LogP contribution >= 0.6 is 0 Å². The summed E-state index contributed by atoms with van der Waals surface area (Å²) < 4.78 is 126. The molecule has 0 amide bonds. The molecule has 0 N–H and O–H groups in total. The highest BCUT2D eigenvalue weighted by Crippen LogP contribution is 2.54. The van der Waals surface area contributed by atoms with Crippen LogP contribution < -0.4 is 4.74 Å². The van der Waals surface area contributed by atoms with E-state index in [-0.39, 0.29) is 11.3 Å². The van der Waals surface area contributed by atoms with Gasteiger partial charge in [-0.05, 0) is 49.4 Å². The average molecular weight is 634 g/mol. The number of rotatable bonds is 16. The molecule has 0 radical (unpaired) electrons. The van der Waals surface area contributed by atoms with Gasteiger partial charge >= 0.3 is 29.7 Å². The van der Waals surface area contributed by atoms with Gasteiger partial charge in [-0.15, -0.1) is 0 Å². The van der Waals surface area contributed by atoms with Gasteiger partial charge < -0.3 is 14.0 Å². The Morgan fingerprint density at radius 1 is 0.864 bits per heavy atom. The van der Waals surface area contributed by atoms with Gasteiger partial charge in [0.2, 0.25) is 0 Å². The molecule has 12 heteroatoms. The number of benzene rings is 2. The third-order valence-corrected chi connectivity index (χ3v) is 7.10. The van der Waals surface area contributed by atoms with E-state index in [2.05, 4.69) is 25.2 Å². The lowest BCUT2D eigenvalue weighted by Gasteiger charge is -2.36. The zero-order valence-corrected chi connectivity index (χ0v) is 24.6. The highest BCUT2D eigenvalue weighted by atomic mass is 19.4. The number of aromatic nitrogens is 1. The minimum absolute atomic E-state index is 0.0101. The zero-order valence-electron chi connectivity index (χ0n) is 24.6. The summed E-state index contributed by atoms with van der Waals surface area (Å²) in [7, 11) is 0. The van der Waals surface area contributed by atoms with E-state index in [1.165, 1.54) is 12.1 Å². The topological polar surface area (TPSA) is 40.5 Å². The van der Waals surface area contributed by atoms with Crippen LogP contribution in [0.3, 0.4) is 0 Å². The number of carbonyl (C=O) groups is 1. The summed E-state index contributed by atoms with van der Waals surface area (Å²) in [5.74, 6) is -24.9.